The molecule has 1 aromatic carbocycles. The summed E-state index contributed by atoms with van der Waals surface area (Å²) >= 11 is 1.88. The van der Waals surface area contributed by atoms with Crippen LogP contribution in [0.1, 0.15) is 12.8 Å². The first kappa shape index (κ1) is 15.1. The van der Waals surface area contributed by atoms with Gasteiger partial charge in [-0.25, -0.2) is 4.98 Å². The molecule has 0 spiro atoms. The van der Waals surface area contributed by atoms with Gasteiger partial charge in [-0.05, 0) is 24.5 Å². The van der Waals surface area contributed by atoms with Gasteiger partial charge >= 0.3 is 0 Å². The molecular weight excluding hydrogens is 296 g/mol. The second-order valence-electron chi connectivity index (χ2n) is 5.53. The number of carbonyl (C=O) groups is 1. The second kappa shape index (κ2) is 7.45. The Bertz CT molecular complexity index is 587. The minimum absolute atomic E-state index is 0.225. The van der Waals surface area contributed by atoms with E-state index in [9.17, 15) is 4.79 Å². The molecule has 1 fully saturated rings. The first-order valence-corrected chi connectivity index (χ1v) is 8.58. The predicted octanol–water partition coefficient (Wildman–Crippen LogP) is 2.31. The standard InChI is InChI=1S/C16H20N4OS/c21-16(7-9-20-13-17-12-18-20)19-8-6-14(10-19)11-22-15-4-2-1-3-5-15/h1-5,12-14H,6-11H2. The van der Waals surface area contributed by atoms with E-state index in [-0.39, 0.29) is 5.91 Å². The average molecular weight is 316 g/mol. The number of hydrogen-bond acceptors (Lipinski definition) is 4. The van der Waals surface area contributed by atoms with Crippen molar-refractivity contribution in [3.63, 3.8) is 0 Å². The van der Waals surface area contributed by atoms with Crippen molar-refractivity contribution in [1.29, 1.82) is 0 Å². The number of benzene rings is 1. The Labute approximate surface area is 134 Å². The Morgan fingerprint density at radius 1 is 1.32 bits per heavy atom. The number of hydrogen-bond donors (Lipinski definition) is 0. The number of amides is 1. The van der Waals surface area contributed by atoms with Crippen LogP contribution in [0.15, 0.2) is 47.9 Å². The zero-order valence-corrected chi connectivity index (χ0v) is 13.3. The molecule has 22 heavy (non-hydrogen) atoms. The Morgan fingerprint density at radius 2 is 2.18 bits per heavy atom. The third kappa shape index (κ3) is 4.10. The van der Waals surface area contributed by atoms with Gasteiger partial charge in [-0.1, -0.05) is 18.2 Å². The van der Waals surface area contributed by atoms with Crippen LogP contribution in [0.3, 0.4) is 0 Å². The molecule has 0 radical (unpaired) electrons. The number of aryl methyl sites for hydroxylation is 1. The summed E-state index contributed by atoms with van der Waals surface area (Å²) in [5, 5.41) is 4.02. The van der Waals surface area contributed by atoms with Crippen molar-refractivity contribution < 1.29 is 4.79 Å². The van der Waals surface area contributed by atoms with Gasteiger partial charge in [0.05, 0.1) is 6.54 Å². The molecule has 3 rings (SSSR count). The number of aromatic nitrogens is 3. The summed E-state index contributed by atoms with van der Waals surface area (Å²) in [4.78, 5) is 19.4. The highest BCUT2D eigenvalue weighted by molar-refractivity contribution is 7.99. The van der Waals surface area contributed by atoms with Crippen molar-refractivity contribution in [1.82, 2.24) is 19.7 Å². The molecule has 116 valence electrons. The fraction of sp³-hybridized carbons (Fsp3) is 0.438. The molecule has 2 heterocycles. The van der Waals surface area contributed by atoms with Crippen LogP contribution in [0.2, 0.25) is 0 Å². The number of rotatable bonds is 6. The van der Waals surface area contributed by atoms with E-state index in [1.54, 1.807) is 11.0 Å². The van der Waals surface area contributed by atoms with Crippen molar-refractivity contribution >= 4 is 17.7 Å². The Hall–Kier alpha value is -1.82. The highest BCUT2D eigenvalue weighted by atomic mass is 32.2. The third-order valence-corrected chi connectivity index (χ3v) is 5.13. The lowest BCUT2D eigenvalue weighted by atomic mass is 10.2. The molecule has 1 aliphatic rings. The fourth-order valence-electron chi connectivity index (χ4n) is 2.64. The van der Waals surface area contributed by atoms with Crippen molar-refractivity contribution in [3.05, 3.63) is 43.0 Å². The number of likely N-dealkylation sites (tertiary alicyclic amines) is 1. The lowest BCUT2D eigenvalue weighted by Crippen LogP contribution is -2.29. The fourth-order valence-corrected chi connectivity index (χ4v) is 3.69. The van der Waals surface area contributed by atoms with E-state index < -0.39 is 0 Å². The first-order valence-electron chi connectivity index (χ1n) is 7.59. The lowest BCUT2D eigenvalue weighted by molar-refractivity contribution is -0.130. The monoisotopic (exact) mass is 316 g/mol. The number of carbonyl (C=O) groups excluding carboxylic acids is 1. The Kier molecular flexibility index (Phi) is 5.11. The Balaban J connectivity index is 1.40. The third-order valence-electron chi connectivity index (χ3n) is 3.89. The smallest absolute Gasteiger partial charge is 0.224 e. The molecule has 1 aliphatic heterocycles. The van der Waals surface area contributed by atoms with Gasteiger partial charge in [0.1, 0.15) is 12.7 Å². The maximum atomic E-state index is 12.2. The molecule has 1 unspecified atom stereocenters. The highest BCUT2D eigenvalue weighted by Crippen LogP contribution is 2.26. The molecule has 1 saturated heterocycles. The van der Waals surface area contributed by atoms with Crippen molar-refractivity contribution in [3.8, 4) is 0 Å². The van der Waals surface area contributed by atoms with Crippen LogP contribution in [-0.2, 0) is 11.3 Å². The zero-order valence-electron chi connectivity index (χ0n) is 12.5. The van der Waals surface area contributed by atoms with Crippen LogP contribution >= 0.6 is 11.8 Å². The molecular formula is C16H20N4OS. The van der Waals surface area contributed by atoms with Gasteiger partial charge in [0.15, 0.2) is 0 Å². The topological polar surface area (TPSA) is 51.0 Å². The van der Waals surface area contributed by atoms with E-state index >= 15 is 0 Å². The maximum absolute atomic E-state index is 12.2. The van der Waals surface area contributed by atoms with Crippen LogP contribution < -0.4 is 0 Å². The zero-order chi connectivity index (χ0) is 15.2. The number of nitrogens with zero attached hydrogens (tertiary/aromatic N) is 4. The summed E-state index contributed by atoms with van der Waals surface area (Å²) in [5.41, 5.74) is 0. The summed E-state index contributed by atoms with van der Waals surface area (Å²) in [7, 11) is 0. The van der Waals surface area contributed by atoms with E-state index in [2.05, 4.69) is 34.3 Å². The second-order valence-corrected chi connectivity index (χ2v) is 6.62. The van der Waals surface area contributed by atoms with Crippen molar-refractivity contribution in [2.45, 2.75) is 24.3 Å². The Morgan fingerprint density at radius 3 is 2.95 bits per heavy atom. The van der Waals surface area contributed by atoms with Gasteiger partial charge in [0, 0.05) is 30.2 Å². The molecule has 5 nitrogen and oxygen atoms in total. The van der Waals surface area contributed by atoms with Crippen LogP contribution in [0.4, 0.5) is 0 Å². The molecule has 0 aliphatic carbocycles. The molecule has 2 aromatic rings. The van der Waals surface area contributed by atoms with Crippen molar-refractivity contribution in [2.24, 2.45) is 5.92 Å². The van der Waals surface area contributed by atoms with Gasteiger partial charge in [-0.15, -0.1) is 11.8 Å². The minimum atomic E-state index is 0.225. The van der Waals surface area contributed by atoms with Gasteiger partial charge in [0.25, 0.3) is 0 Å². The normalized spacial score (nSPS) is 17.8. The molecule has 0 bridgehead atoms. The van der Waals surface area contributed by atoms with E-state index in [1.165, 1.54) is 11.2 Å². The molecule has 6 heteroatoms. The van der Waals surface area contributed by atoms with Gasteiger partial charge in [-0.2, -0.15) is 5.10 Å². The lowest BCUT2D eigenvalue weighted by Gasteiger charge is -2.16. The van der Waals surface area contributed by atoms with E-state index in [0.717, 1.165) is 25.3 Å². The molecule has 1 atom stereocenters. The van der Waals surface area contributed by atoms with Crippen LogP contribution in [0.5, 0.6) is 0 Å². The SMILES string of the molecule is O=C(CCn1cncn1)N1CCC(CSc2ccccc2)C1. The summed E-state index contributed by atoms with van der Waals surface area (Å²) in [6.07, 6.45) is 4.75. The number of thioether (sulfide) groups is 1. The molecule has 1 aromatic heterocycles. The average Bonchev–Trinajstić information content (AvgIpc) is 3.23. The summed E-state index contributed by atoms with van der Waals surface area (Å²) < 4.78 is 1.71. The van der Waals surface area contributed by atoms with Gasteiger partial charge in [0.2, 0.25) is 5.91 Å². The van der Waals surface area contributed by atoms with E-state index in [0.29, 0.717) is 18.9 Å². The van der Waals surface area contributed by atoms with E-state index in [4.69, 9.17) is 0 Å². The van der Waals surface area contributed by atoms with Crippen LogP contribution in [0, 0.1) is 5.92 Å². The quantitative estimate of drug-likeness (QED) is 0.768. The summed E-state index contributed by atoms with van der Waals surface area (Å²) in [6.45, 7) is 2.38. The molecule has 0 N–H and O–H groups in total. The highest BCUT2D eigenvalue weighted by Gasteiger charge is 2.25. The van der Waals surface area contributed by atoms with Gasteiger partial charge < -0.3 is 4.90 Å². The summed E-state index contributed by atoms with van der Waals surface area (Å²) in [6, 6.07) is 10.4. The van der Waals surface area contributed by atoms with Crippen molar-refractivity contribution in [2.75, 3.05) is 18.8 Å². The molecule has 0 saturated carbocycles. The minimum Gasteiger partial charge on any atom is -0.342 e. The summed E-state index contributed by atoms with van der Waals surface area (Å²) in [5.74, 6) is 1.90. The predicted molar refractivity (Wildman–Crippen MR) is 86.5 cm³/mol. The van der Waals surface area contributed by atoms with Gasteiger partial charge in [-0.3, -0.25) is 9.48 Å². The molecule has 1 amide bonds. The largest absolute Gasteiger partial charge is 0.342 e. The van der Waals surface area contributed by atoms with Crippen LogP contribution in [-0.4, -0.2) is 44.4 Å². The van der Waals surface area contributed by atoms with E-state index in [1.807, 2.05) is 22.7 Å². The van der Waals surface area contributed by atoms with Crippen LogP contribution in [0.25, 0.3) is 0 Å². The maximum Gasteiger partial charge on any atom is 0.224 e. The first-order chi connectivity index (χ1) is 10.8.